The number of aromatic nitrogens is 2. The minimum absolute atomic E-state index is 0.0501. The van der Waals surface area contributed by atoms with Gasteiger partial charge in [0.2, 0.25) is 0 Å². The largest absolute Gasteiger partial charge is 0.433 e. The van der Waals surface area contributed by atoms with E-state index in [9.17, 15) is 18.0 Å². The molecule has 1 aliphatic carbocycles. The second-order valence-corrected chi connectivity index (χ2v) is 9.80. The number of carbonyl (C=O) groups excluding carboxylic acids is 1. The number of hydrogen-bond donors (Lipinski definition) is 2. The number of benzene rings is 1. The van der Waals surface area contributed by atoms with Gasteiger partial charge in [-0.25, -0.2) is 9.97 Å². The molecule has 0 unspecified atom stereocenters. The molecule has 3 aromatic rings. The number of fused-ring (bicyclic) bond motifs is 1. The van der Waals surface area contributed by atoms with Gasteiger partial charge < -0.3 is 10.6 Å². The van der Waals surface area contributed by atoms with Crippen molar-refractivity contribution in [2.75, 3.05) is 5.32 Å². The molecule has 33 heavy (non-hydrogen) atoms. The molecule has 1 saturated carbocycles. The van der Waals surface area contributed by atoms with Gasteiger partial charge >= 0.3 is 6.18 Å². The number of amides is 1. The second kappa shape index (κ2) is 9.79. The number of carbonyl (C=O) groups is 1. The highest BCUT2D eigenvalue weighted by atomic mass is 127. The van der Waals surface area contributed by atoms with E-state index >= 15 is 0 Å². The van der Waals surface area contributed by atoms with E-state index in [-0.39, 0.29) is 28.7 Å². The Morgan fingerprint density at radius 1 is 1.06 bits per heavy atom. The van der Waals surface area contributed by atoms with Crippen molar-refractivity contribution in [3.05, 3.63) is 61.5 Å². The number of rotatable bonds is 4. The quantitative estimate of drug-likeness (QED) is 0.255. The normalized spacial score (nSPS) is 18.8. The predicted octanol–water partition coefficient (Wildman–Crippen LogP) is 6.71. The summed E-state index contributed by atoms with van der Waals surface area (Å²) in [6.45, 7) is 0. The Hall–Kier alpha value is -1.85. The molecule has 1 amide bonds. The predicted molar refractivity (Wildman–Crippen MR) is 131 cm³/mol. The van der Waals surface area contributed by atoms with Crippen LogP contribution in [0.3, 0.4) is 0 Å². The van der Waals surface area contributed by atoms with Crippen LogP contribution in [0.4, 0.5) is 18.9 Å². The fourth-order valence-electron chi connectivity index (χ4n) is 3.94. The van der Waals surface area contributed by atoms with Crippen molar-refractivity contribution in [3.63, 3.8) is 0 Å². The number of nitrogens with zero attached hydrogens (tertiary/aromatic N) is 2. The molecule has 4 rings (SSSR count). The lowest BCUT2D eigenvalue weighted by Crippen LogP contribution is -2.40. The smallest absolute Gasteiger partial charge is 0.382 e. The van der Waals surface area contributed by atoms with Crippen LogP contribution >= 0.6 is 45.8 Å². The first-order valence-electron chi connectivity index (χ1n) is 10.2. The summed E-state index contributed by atoms with van der Waals surface area (Å²) < 4.78 is 40.8. The van der Waals surface area contributed by atoms with Crippen LogP contribution in [0.2, 0.25) is 10.2 Å². The highest BCUT2D eigenvalue weighted by Gasteiger charge is 2.34. The molecule has 0 aliphatic heterocycles. The van der Waals surface area contributed by atoms with Crippen LogP contribution in [-0.4, -0.2) is 28.0 Å². The van der Waals surface area contributed by atoms with Gasteiger partial charge in [0.25, 0.3) is 5.91 Å². The first kappa shape index (κ1) is 24.3. The van der Waals surface area contributed by atoms with Crippen LogP contribution < -0.4 is 10.6 Å². The summed E-state index contributed by atoms with van der Waals surface area (Å²) in [5.74, 6) is -0.279. The molecule has 1 fully saturated rings. The summed E-state index contributed by atoms with van der Waals surface area (Å²) in [5, 5.41) is 7.34. The zero-order valence-corrected chi connectivity index (χ0v) is 20.7. The molecule has 0 bridgehead atoms. The summed E-state index contributed by atoms with van der Waals surface area (Å²) in [7, 11) is 0. The van der Waals surface area contributed by atoms with Gasteiger partial charge in [-0.05, 0) is 78.6 Å². The van der Waals surface area contributed by atoms with Gasteiger partial charge in [0, 0.05) is 37.9 Å². The van der Waals surface area contributed by atoms with Crippen molar-refractivity contribution in [1.82, 2.24) is 15.3 Å². The van der Waals surface area contributed by atoms with Crippen molar-refractivity contribution in [2.24, 2.45) is 0 Å². The summed E-state index contributed by atoms with van der Waals surface area (Å²) in [6, 6.07) is 7.24. The Balaban J connectivity index is 1.46. The van der Waals surface area contributed by atoms with E-state index in [0.717, 1.165) is 6.07 Å². The van der Waals surface area contributed by atoms with E-state index in [2.05, 4.69) is 20.6 Å². The number of alkyl halides is 3. The molecule has 2 aromatic heterocycles. The van der Waals surface area contributed by atoms with Crippen molar-refractivity contribution in [3.8, 4) is 0 Å². The van der Waals surface area contributed by atoms with Gasteiger partial charge in [0.05, 0.1) is 11.1 Å². The number of halogens is 6. The van der Waals surface area contributed by atoms with E-state index in [1.165, 1.54) is 18.3 Å². The maximum absolute atomic E-state index is 13.4. The number of pyridine rings is 2. The van der Waals surface area contributed by atoms with Crippen LogP contribution in [0.1, 0.15) is 41.7 Å². The molecule has 1 aromatic carbocycles. The summed E-state index contributed by atoms with van der Waals surface area (Å²) in [6.07, 6.45) is -0.320. The highest BCUT2D eigenvalue weighted by molar-refractivity contribution is 14.1. The van der Waals surface area contributed by atoms with Gasteiger partial charge in [-0.15, -0.1) is 0 Å². The summed E-state index contributed by atoms with van der Waals surface area (Å²) in [5.41, 5.74) is -0.0387. The minimum atomic E-state index is -4.56. The lowest BCUT2D eigenvalue weighted by Gasteiger charge is -2.31. The molecule has 0 spiro atoms. The lowest BCUT2D eigenvalue weighted by molar-refractivity contribution is -0.140. The Morgan fingerprint density at radius 2 is 1.76 bits per heavy atom. The van der Waals surface area contributed by atoms with Crippen molar-refractivity contribution >= 4 is 68.3 Å². The third-order valence-corrected chi connectivity index (χ3v) is 6.98. The van der Waals surface area contributed by atoms with Crippen molar-refractivity contribution < 1.29 is 18.0 Å². The molecule has 0 radical (unpaired) electrons. The van der Waals surface area contributed by atoms with Crippen LogP contribution in [-0.2, 0) is 6.18 Å². The van der Waals surface area contributed by atoms with Crippen LogP contribution in [0.15, 0.2) is 36.5 Å². The maximum atomic E-state index is 13.4. The molecule has 174 valence electrons. The second-order valence-electron chi connectivity index (χ2n) is 7.84. The van der Waals surface area contributed by atoms with Gasteiger partial charge in [0.15, 0.2) is 0 Å². The van der Waals surface area contributed by atoms with Crippen LogP contribution in [0, 0.1) is 3.57 Å². The Morgan fingerprint density at radius 3 is 2.42 bits per heavy atom. The van der Waals surface area contributed by atoms with Gasteiger partial charge in [-0.1, -0.05) is 23.2 Å². The number of hydrogen-bond acceptors (Lipinski definition) is 4. The average molecular weight is 609 g/mol. The average Bonchev–Trinajstić information content (AvgIpc) is 2.74. The topological polar surface area (TPSA) is 66.9 Å². The van der Waals surface area contributed by atoms with Crippen LogP contribution in [0.25, 0.3) is 10.9 Å². The number of nitrogens with one attached hydrogen (secondary N) is 2. The fourth-order valence-corrected chi connectivity index (χ4v) is 5.18. The summed E-state index contributed by atoms with van der Waals surface area (Å²) >= 11 is 14.2. The summed E-state index contributed by atoms with van der Waals surface area (Å²) in [4.78, 5) is 20.4. The van der Waals surface area contributed by atoms with Crippen LogP contribution in [0.5, 0.6) is 0 Å². The third kappa shape index (κ3) is 5.63. The van der Waals surface area contributed by atoms with Gasteiger partial charge in [-0.2, -0.15) is 13.2 Å². The molecule has 1 aliphatic rings. The molecule has 2 N–H and O–H groups in total. The lowest BCUT2D eigenvalue weighted by atomic mass is 9.90. The van der Waals surface area contributed by atoms with Crippen molar-refractivity contribution in [2.45, 2.75) is 43.9 Å². The minimum Gasteiger partial charge on any atom is -0.382 e. The Bertz CT molecular complexity index is 1180. The SMILES string of the molecule is O=C(NC1CCC(Nc2cc(C(F)(F)F)nc3ccc(Cl)cc23)CC1)c1c(I)ccnc1Cl. The molecular weight excluding hydrogens is 591 g/mol. The van der Waals surface area contributed by atoms with E-state index in [1.807, 2.05) is 22.6 Å². The zero-order valence-electron chi connectivity index (χ0n) is 17.0. The standard InChI is InChI=1S/C22H18Cl2F3IN4O/c23-11-1-6-16-14(9-11)17(10-18(32-16)22(25,26)27)30-12-2-4-13(5-3-12)31-21(33)19-15(28)7-8-29-20(19)24/h1,6-10,12-13H,2-5H2,(H,30,32)(H,31,33). The Kier molecular flexibility index (Phi) is 7.20. The zero-order chi connectivity index (χ0) is 23.8. The molecule has 5 nitrogen and oxygen atoms in total. The first-order chi connectivity index (χ1) is 15.6. The maximum Gasteiger partial charge on any atom is 0.433 e. The van der Waals surface area contributed by atoms with Gasteiger partial charge in [0.1, 0.15) is 10.8 Å². The molecule has 0 atom stereocenters. The van der Waals surface area contributed by atoms with E-state index in [4.69, 9.17) is 23.2 Å². The monoisotopic (exact) mass is 608 g/mol. The van der Waals surface area contributed by atoms with Crippen molar-refractivity contribution in [1.29, 1.82) is 0 Å². The first-order valence-corrected chi connectivity index (χ1v) is 12.0. The van der Waals surface area contributed by atoms with E-state index in [0.29, 0.717) is 50.9 Å². The van der Waals surface area contributed by atoms with Gasteiger partial charge in [-0.3, -0.25) is 4.79 Å². The molecule has 2 heterocycles. The molecule has 0 saturated heterocycles. The fraction of sp³-hybridized carbons (Fsp3) is 0.318. The van der Waals surface area contributed by atoms with E-state index < -0.39 is 11.9 Å². The van der Waals surface area contributed by atoms with E-state index in [1.54, 1.807) is 12.1 Å². The number of anilines is 1. The highest BCUT2D eigenvalue weighted by Crippen LogP contribution is 2.35. The third-order valence-electron chi connectivity index (χ3n) is 5.56. The Labute approximate surface area is 211 Å². The molecular formula is C22H18Cl2F3IN4O. The molecule has 11 heteroatoms.